The number of thiophene rings is 1. The fourth-order valence-electron chi connectivity index (χ4n) is 2.65. The second kappa shape index (κ2) is 9.27. The molecule has 1 aromatic heterocycles. The molecule has 0 saturated carbocycles. The number of hydrogen-bond acceptors (Lipinski definition) is 6. The van der Waals surface area contributed by atoms with Gasteiger partial charge in [-0.1, -0.05) is 32.4 Å². The number of nitrogens with zero attached hydrogens (tertiary/aromatic N) is 1. The summed E-state index contributed by atoms with van der Waals surface area (Å²) in [5, 5.41) is 13.6. The minimum absolute atomic E-state index is 0.109. The predicted octanol–water partition coefficient (Wildman–Crippen LogP) is 4.28. The molecule has 144 valence electrons. The smallest absolute Gasteiger partial charge is 0.348 e. The summed E-state index contributed by atoms with van der Waals surface area (Å²) < 4.78 is 5.08. The Kier molecular flexibility index (Phi) is 7.06. The summed E-state index contributed by atoms with van der Waals surface area (Å²) in [4.78, 5) is 36.5. The second-order valence-electron chi connectivity index (χ2n) is 6.01. The highest BCUT2D eigenvalue weighted by Crippen LogP contribution is 2.28. The quantitative estimate of drug-likeness (QED) is 0.412. The number of nitrogens with one attached hydrogen (secondary N) is 1. The second-order valence-corrected chi connectivity index (χ2v) is 7.15. The Morgan fingerprint density at radius 3 is 2.67 bits per heavy atom. The number of carbonyl (C=O) groups excluding carboxylic acids is 2. The number of esters is 1. The first-order valence-electron chi connectivity index (χ1n) is 8.69. The van der Waals surface area contributed by atoms with E-state index in [2.05, 4.69) is 12.2 Å². The molecule has 0 saturated heterocycles. The highest BCUT2D eigenvalue weighted by Gasteiger charge is 2.20. The Morgan fingerprint density at radius 1 is 1.30 bits per heavy atom. The molecule has 7 nitrogen and oxygen atoms in total. The van der Waals surface area contributed by atoms with Gasteiger partial charge in [0.25, 0.3) is 11.6 Å². The van der Waals surface area contributed by atoms with Crippen LogP contribution in [0, 0.1) is 17.0 Å². The number of benzene rings is 1. The van der Waals surface area contributed by atoms with Crippen LogP contribution in [-0.2, 0) is 22.4 Å². The topological polar surface area (TPSA) is 98.5 Å². The molecule has 8 heteroatoms. The molecule has 0 bridgehead atoms. The lowest BCUT2D eigenvalue weighted by Crippen LogP contribution is -2.21. The van der Waals surface area contributed by atoms with Crippen LogP contribution in [0.1, 0.15) is 45.9 Å². The van der Waals surface area contributed by atoms with Gasteiger partial charge in [0.1, 0.15) is 10.6 Å². The Bertz CT molecular complexity index is 860. The van der Waals surface area contributed by atoms with Crippen LogP contribution in [0.5, 0.6) is 0 Å². The Balaban J connectivity index is 2.02. The standard InChI is InChI=1S/C19H22N2O5S/c1-4-7-15-13(5-2)10-16(27-15)19(23)26-11-17(22)20-18-12(3)8-6-9-14(18)21(24)25/h6,8-10H,4-5,7,11H2,1-3H3,(H,20,22). The third-order valence-corrected chi connectivity index (χ3v) is 5.22. The zero-order chi connectivity index (χ0) is 20.0. The number of hydrogen-bond donors (Lipinski definition) is 1. The van der Waals surface area contributed by atoms with Gasteiger partial charge in [-0.25, -0.2) is 4.79 Å². The van der Waals surface area contributed by atoms with Gasteiger partial charge in [0.15, 0.2) is 6.61 Å². The lowest BCUT2D eigenvalue weighted by atomic mass is 10.1. The first-order chi connectivity index (χ1) is 12.9. The summed E-state index contributed by atoms with van der Waals surface area (Å²) in [5.41, 5.74) is 1.58. The normalized spacial score (nSPS) is 10.5. The first-order valence-corrected chi connectivity index (χ1v) is 9.51. The van der Waals surface area contributed by atoms with E-state index in [1.54, 1.807) is 19.1 Å². The molecular weight excluding hydrogens is 368 g/mol. The number of para-hydroxylation sites is 1. The lowest BCUT2D eigenvalue weighted by Gasteiger charge is -2.09. The van der Waals surface area contributed by atoms with Crippen molar-refractivity contribution < 1.29 is 19.2 Å². The summed E-state index contributed by atoms with van der Waals surface area (Å²) in [6.07, 6.45) is 2.72. The van der Waals surface area contributed by atoms with Crippen molar-refractivity contribution in [3.05, 3.63) is 55.3 Å². The van der Waals surface area contributed by atoms with Crippen LogP contribution in [0.4, 0.5) is 11.4 Å². The summed E-state index contributed by atoms with van der Waals surface area (Å²) in [5.74, 6) is -1.19. The molecular formula is C19H22N2O5S. The maximum absolute atomic E-state index is 12.2. The molecule has 27 heavy (non-hydrogen) atoms. The van der Waals surface area contributed by atoms with Crippen molar-refractivity contribution in [2.24, 2.45) is 0 Å². The molecule has 0 aliphatic carbocycles. The largest absolute Gasteiger partial charge is 0.451 e. The number of carbonyl (C=O) groups is 2. The highest BCUT2D eigenvalue weighted by molar-refractivity contribution is 7.14. The van der Waals surface area contributed by atoms with E-state index in [9.17, 15) is 19.7 Å². The number of rotatable bonds is 8. The van der Waals surface area contributed by atoms with Crippen LogP contribution in [0.25, 0.3) is 0 Å². The van der Waals surface area contributed by atoms with Crippen molar-refractivity contribution in [3.8, 4) is 0 Å². The van der Waals surface area contributed by atoms with Gasteiger partial charge < -0.3 is 10.1 Å². The summed E-state index contributed by atoms with van der Waals surface area (Å²) in [6, 6.07) is 6.31. The van der Waals surface area contributed by atoms with Crippen LogP contribution in [0.15, 0.2) is 24.3 Å². The van der Waals surface area contributed by atoms with Gasteiger partial charge in [0.05, 0.1) is 4.92 Å². The van der Waals surface area contributed by atoms with Crippen molar-refractivity contribution in [2.75, 3.05) is 11.9 Å². The molecule has 0 aliphatic rings. The van der Waals surface area contributed by atoms with Gasteiger partial charge in [-0.15, -0.1) is 11.3 Å². The molecule has 2 rings (SSSR count). The average molecular weight is 390 g/mol. The van der Waals surface area contributed by atoms with Crippen molar-refractivity contribution in [2.45, 2.75) is 40.0 Å². The van der Waals surface area contributed by atoms with Gasteiger partial charge in [0.2, 0.25) is 0 Å². The van der Waals surface area contributed by atoms with E-state index in [1.807, 2.05) is 13.0 Å². The van der Waals surface area contributed by atoms with Crippen molar-refractivity contribution in [3.63, 3.8) is 0 Å². The third kappa shape index (κ3) is 5.13. The molecule has 1 amide bonds. The molecule has 0 aliphatic heterocycles. The summed E-state index contributed by atoms with van der Waals surface area (Å²) in [6.45, 7) is 5.25. The van der Waals surface area contributed by atoms with E-state index in [1.165, 1.54) is 17.4 Å². The van der Waals surface area contributed by atoms with Gasteiger partial charge in [-0.2, -0.15) is 0 Å². The van der Waals surface area contributed by atoms with Gasteiger partial charge >= 0.3 is 5.97 Å². The van der Waals surface area contributed by atoms with E-state index in [4.69, 9.17) is 4.74 Å². The van der Waals surface area contributed by atoms with E-state index in [0.29, 0.717) is 10.4 Å². The number of amides is 1. The lowest BCUT2D eigenvalue weighted by molar-refractivity contribution is -0.384. The zero-order valence-corrected chi connectivity index (χ0v) is 16.4. The van der Waals surface area contributed by atoms with E-state index < -0.39 is 23.4 Å². The van der Waals surface area contributed by atoms with E-state index in [-0.39, 0.29) is 11.4 Å². The maximum atomic E-state index is 12.2. The predicted molar refractivity (Wildman–Crippen MR) is 104 cm³/mol. The third-order valence-electron chi connectivity index (χ3n) is 4.00. The summed E-state index contributed by atoms with van der Waals surface area (Å²) >= 11 is 1.39. The van der Waals surface area contributed by atoms with Crippen LogP contribution in [0.2, 0.25) is 0 Å². The minimum Gasteiger partial charge on any atom is -0.451 e. The Labute approximate surface area is 161 Å². The van der Waals surface area contributed by atoms with E-state index in [0.717, 1.165) is 29.7 Å². The van der Waals surface area contributed by atoms with Crippen LogP contribution >= 0.6 is 11.3 Å². The maximum Gasteiger partial charge on any atom is 0.348 e. The average Bonchev–Trinajstić information content (AvgIpc) is 3.04. The van der Waals surface area contributed by atoms with Crippen LogP contribution in [0.3, 0.4) is 0 Å². The fraction of sp³-hybridized carbons (Fsp3) is 0.368. The van der Waals surface area contributed by atoms with Crippen molar-refractivity contribution >= 4 is 34.6 Å². The monoisotopic (exact) mass is 390 g/mol. The number of nitro groups is 1. The molecule has 0 atom stereocenters. The van der Waals surface area contributed by atoms with Gasteiger partial charge in [0, 0.05) is 10.9 Å². The number of anilines is 1. The molecule has 1 aromatic carbocycles. The Morgan fingerprint density at radius 2 is 2.04 bits per heavy atom. The highest BCUT2D eigenvalue weighted by atomic mass is 32.1. The van der Waals surface area contributed by atoms with E-state index >= 15 is 0 Å². The number of ether oxygens (including phenoxy) is 1. The van der Waals surface area contributed by atoms with Gasteiger partial charge in [-0.05, 0) is 37.0 Å². The number of aryl methyl sites for hydroxylation is 3. The number of nitro benzene ring substituents is 1. The molecule has 0 unspecified atom stereocenters. The summed E-state index contributed by atoms with van der Waals surface area (Å²) in [7, 11) is 0. The van der Waals surface area contributed by atoms with Crippen molar-refractivity contribution in [1.82, 2.24) is 0 Å². The molecule has 1 N–H and O–H groups in total. The SMILES string of the molecule is CCCc1sc(C(=O)OCC(=O)Nc2c(C)cccc2[N+](=O)[O-])cc1CC. The minimum atomic E-state index is -0.623. The molecule has 0 fully saturated rings. The molecule has 2 aromatic rings. The first kappa shape index (κ1) is 20.6. The van der Waals surface area contributed by atoms with Crippen LogP contribution in [-0.4, -0.2) is 23.4 Å². The Hall–Kier alpha value is -2.74. The van der Waals surface area contributed by atoms with Crippen LogP contribution < -0.4 is 5.32 Å². The molecule has 1 heterocycles. The van der Waals surface area contributed by atoms with Gasteiger partial charge in [-0.3, -0.25) is 14.9 Å². The van der Waals surface area contributed by atoms with Crippen molar-refractivity contribution in [1.29, 1.82) is 0 Å². The molecule has 0 radical (unpaired) electrons. The zero-order valence-electron chi connectivity index (χ0n) is 15.5. The fourth-order valence-corrected chi connectivity index (χ4v) is 3.90. The molecule has 0 spiro atoms.